The summed E-state index contributed by atoms with van der Waals surface area (Å²) in [6.45, 7) is 4.00. The summed E-state index contributed by atoms with van der Waals surface area (Å²) in [5.74, 6) is 1.18. The normalized spacial score (nSPS) is 10.8. The smallest absolute Gasteiger partial charge is 0.226 e. The molecule has 0 saturated heterocycles. The molecule has 0 spiro atoms. The molecule has 2 heterocycles. The molecule has 1 amide bonds. The van der Waals surface area contributed by atoms with Gasteiger partial charge in [0.1, 0.15) is 0 Å². The van der Waals surface area contributed by atoms with E-state index in [0.717, 1.165) is 21.7 Å². The topological polar surface area (TPSA) is 68.0 Å². The highest BCUT2D eigenvalue weighted by Crippen LogP contribution is 2.22. The molecule has 0 aliphatic heterocycles. The molecule has 0 fully saturated rings. The molecule has 2 aromatic heterocycles. The van der Waals surface area contributed by atoms with Gasteiger partial charge >= 0.3 is 0 Å². The number of aryl methyl sites for hydroxylation is 3. The van der Waals surface area contributed by atoms with Crippen LogP contribution in [-0.2, 0) is 11.2 Å². The van der Waals surface area contributed by atoms with Crippen molar-refractivity contribution in [2.24, 2.45) is 0 Å². The Hall–Kier alpha value is -2.47. The zero-order valence-corrected chi connectivity index (χ0v) is 14.5. The summed E-state index contributed by atoms with van der Waals surface area (Å²) in [5, 5.41) is 8.91. The minimum Gasteiger partial charge on any atom is -0.339 e. The molecule has 1 N–H and O–H groups in total. The molecule has 3 aromatic rings. The van der Waals surface area contributed by atoms with Crippen LogP contribution in [0, 0.1) is 13.8 Å². The molecular formula is C18H19N3O2S. The first-order valence-electron chi connectivity index (χ1n) is 7.85. The number of nitrogens with zero attached hydrogens (tertiary/aromatic N) is 2. The third-order valence-corrected chi connectivity index (χ3v) is 4.54. The lowest BCUT2D eigenvalue weighted by atomic mass is 10.1. The Bertz CT molecular complexity index is 825. The van der Waals surface area contributed by atoms with Gasteiger partial charge in [-0.15, -0.1) is 11.3 Å². The summed E-state index contributed by atoms with van der Waals surface area (Å²) in [6.07, 6.45) is 1.69. The molecule has 0 radical (unpaired) electrons. The van der Waals surface area contributed by atoms with Crippen LogP contribution in [-0.4, -0.2) is 16.0 Å². The van der Waals surface area contributed by atoms with E-state index in [1.165, 1.54) is 0 Å². The van der Waals surface area contributed by atoms with Crippen LogP contribution in [0.4, 0.5) is 5.69 Å². The second-order valence-corrected chi connectivity index (χ2v) is 6.66. The fourth-order valence-electron chi connectivity index (χ4n) is 2.35. The molecule has 0 bridgehead atoms. The van der Waals surface area contributed by atoms with Gasteiger partial charge in [0.15, 0.2) is 0 Å². The van der Waals surface area contributed by atoms with Gasteiger partial charge in [-0.25, -0.2) is 0 Å². The van der Waals surface area contributed by atoms with E-state index in [-0.39, 0.29) is 5.91 Å². The van der Waals surface area contributed by atoms with Crippen molar-refractivity contribution in [3.8, 4) is 10.7 Å². The van der Waals surface area contributed by atoms with Crippen molar-refractivity contribution in [2.45, 2.75) is 33.1 Å². The van der Waals surface area contributed by atoms with E-state index in [1.807, 2.05) is 49.6 Å². The number of nitrogens with one attached hydrogen (secondary N) is 1. The number of rotatable bonds is 6. The van der Waals surface area contributed by atoms with E-state index in [9.17, 15) is 4.79 Å². The van der Waals surface area contributed by atoms with Crippen LogP contribution in [0.5, 0.6) is 0 Å². The monoisotopic (exact) mass is 341 g/mol. The minimum atomic E-state index is 0.00157. The van der Waals surface area contributed by atoms with Crippen LogP contribution >= 0.6 is 11.3 Å². The molecule has 0 atom stereocenters. The second kappa shape index (κ2) is 7.40. The van der Waals surface area contributed by atoms with Crippen molar-refractivity contribution in [1.29, 1.82) is 0 Å². The number of carbonyl (C=O) groups is 1. The van der Waals surface area contributed by atoms with Crippen molar-refractivity contribution in [1.82, 2.24) is 10.1 Å². The fraction of sp³-hybridized carbons (Fsp3) is 0.278. The Morgan fingerprint density at radius 3 is 2.96 bits per heavy atom. The maximum absolute atomic E-state index is 12.1. The van der Waals surface area contributed by atoms with Crippen molar-refractivity contribution in [2.75, 3.05) is 5.32 Å². The van der Waals surface area contributed by atoms with Crippen LogP contribution < -0.4 is 5.32 Å². The minimum absolute atomic E-state index is 0.00157. The average Bonchev–Trinajstić information content (AvgIpc) is 3.22. The van der Waals surface area contributed by atoms with Gasteiger partial charge in [-0.1, -0.05) is 23.4 Å². The SMILES string of the molecule is Cc1ccc(C)c(NC(=O)CCCc2nc(-c3cccs3)no2)c1. The Balaban J connectivity index is 1.49. The summed E-state index contributed by atoms with van der Waals surface area (Å²) in [4.78, 5) is 17.4. The Morgan fingerprint density at radius 1 is 1.29 bits per heavy atom. The lowest BCUT2D eigenvalue weighted by Crippen LogP contribution is -2.12. The van der Waals surface area contributed by atoms with Crippen molar-refractivity contribution in [3.63, 3.8) is 0 Å². The van der Waals surface area contributed by atoms with Gasteiger partial charge in [-0.3, -0.25) is 4.79 Å². The van der Waals surface area contributed by atoms with Crippen molar-refractivity contribution in [3.05, 3.63) is 52.7 Å². The molecule has 24 heavy (non-hydrogen) atoms. The van der Waals surface area contributed by atoms with E-state index < -0.39 is 0 Å². The van der Waals surface area contributed by atoms with Gasteiger partial charge in [-0.2, -0.15) is 4.98 Å². The van der Waals surface area contributed by atoms with E-state index in [2.05, 4.69) is 15.5 Å². The molecule has 0 saturated carbocycles. The van der Waals surface area contributed by atoms with Gasteiger partial charge in [0.25, 0.3) is 0 Å². The van der Waals surface area contributed by atoms with Crippen LogP contribution in [0.15, 0.2) is 40.2 Å². The van der Waals surface area contributed by atoms with Gasteiger partial charge in [0.05, 0.1) is 4.88 Å². The Morgan fingerprint density at radius 2 is 2.17 bits per heavy atom. The molecule has 0 aliphatic rings. The molecule has 0 unspecified atom stereocenters. The maximum Gasteiger partial charge on any atom is 0.226 e. The summed E-state index contributed by atoms with van der Waals surface area (Å²) >= 11 is 1.57. The quantitative estimate of drug-likeness (QED) is 0.722. The number of carbonyl (C=O) groups excluding carboxylic acids is 1. The van der Waals surface area contributed by atoms with Crippen LogP contribution in [0.1, 0.15) is 29.9 Å². The summed E-state index contributed by atoms with van der Waals surface area (Å²) in [5.41, 5.74) is 3.06. The molecule has 0 aliphatic carbocycles. The molecular weight excluding hydrogens is 322 g/mol. The van der Waals surface area contributed by atoms with Crippen LogP contribution in [0.3, 0.4) is 0 Å². The van der Waals surface area contributed by atoms with Gasteiger partial charge in [0.2, 0.25) is 17.6 Å². The lowest BCUT2D eigenvalue weighted by Gasteiger charge is -2.08. The number of hydrogen-bond donors (Lipinski definition) is 1. The number of thiophene rings is 1. The highest BCUT2D eigenvalue weighted by molar-refractivity contribution is 7.13. The first-order valence-corrected chi connectivity index (χ1v) is 8.73. The standard InChI is InChI=1S/C18H19N3O2S/c1-12-8-9-13(2)14(11-12)19-16(22)6-3-7-17-20-18(21-23-17)15-5-4-10-24-15/h4-5,8-11H,3,6-7H2,1-2H3,(H,19,22). The van der Waals surface area contributed by atoms with Crippen molar-refractivity contribution >= 4 is 22.9 Å². The maximum atomic E-state index is 12.1. The Labute approximate surface area is 144 Å². The summed E-state index contributed by atoms with van der Waals surface area (Å²) < 4.78 is 5.24. The van der Waals surface area contributed by atoms with Gasteiger partial charge in [-0.05, 0) is 48.9 Å². The predicted octanol–water partition coefficient (Wildman–Crippen LogP) is 4.38. The number of amides is 1. The number of aromatic nitrogens is 2. The second-order valence-electron chi connectivity index (χ2n) is 5.71. The fourth-order valence-corrected chi connectivity index (χ4v) is 2.99. The molecule has 5 nitrogen and oxygen atoms in total. The third kappa shape index (κ3) is 4.08. The molecule has 3 rings (SSSR count). The van der Waals surface area contributed by atoms with Crippen molar-refractivity contribution < 1.29 is 9.32 Å². The molecule has 124 valence electrons. The summed E-state index contributed by atoms with van der Waals surface area (Å²) in [7, 11) is 0. The molecule has 1 aromatic carbocycles. The van der Waals surface area contributed by atoms with Gasteiger partial charge < -0.3 is 9.84 Å². The average molecular weight is 341 g/mol. The Kier molecular flexibility index (Phi) is 5.05. The lowest BCUT2D eigenvalue weighted by molar-refractivity contribution is -0.116. The molecule has 6 heteroatoms. The largest absolute Gasteiger partial charge is 0.339 e. The van der Waals surface area contributed by atoms with Gasteiger partial charge in [0, 0.05) is 18.5 Å². The predicted molar refractivity (Wildman–Crippen MR) is 95.1 cm³/mol. The third-order valence-electron chi connectivity index (χ3n) is 3.67. The van der Waals surface area contributed by atoms with Crippen LogP contribution in [0.2, 0.25) is 0 Å². The zero-order valence-electron chi connectivity index (χ0n) is 13.7. The first kappa shape index (κ1) is 16.4. The number of anilines is 1. The first-order chi connectivity index (χ1) is 11.6. The van der Waals surface area contributed by atoms with Crippen LogP contribution in [0.25, 0.3) is 10.7 Å². The summed E-state index contributed by atoms with van der Waals surface area (Å²) in [6, 6.07) is 9.93. The zero-order chi connectivity index (χ0) is 16.9. The highest BCUT2D eigenvalue weighted by atomic mass is 32.1. The van der Waals surface area contributed by atoms with E-state index in [4.69, 9.17) is 4.52 Å². The van der Waals surface area contributed by atoms with E-state index in [0.29, 0.717) is 31.0 Å². The van der Waals surface area contributed by atoms with E-state index in [1.54, 1.807) is 11.3 Å². The highest BCUT2D eigenvalue weighted by Gasteiger charge is 2.10. The van der Waals surface area contributed by atoms with E-state index >= 15 is 0 Å². The number of benzene rings is 1. The number of hydrogen-bond acceptors (Lipinski definition) is 5.